The van der Waals surface area contributed by atoms with Crippen LogP contribution in [0.15, 0.2) is 24.3 Å². The van der Waals surface area contributed by atoms with Gasteiger partial charge in [-0.3, -0.25) is 4.90 Å². The van der Waals surface area contributed by atoms with Gasteiger partial charge in [-0.25, -0.2) is 0 Å². The number of ether oxygens (including phenoxy) is 1. The Hall–Kier alpha value is -2.04. The SMILES string of the molecule is CCN(CCOc1cccc(C#N)c1)CC(C)C#N. The quantitative estimate of drug-likeness (QED) is 0.752. The van der Waals surface area contributed by atoms with Gasteiger partial charge in [-0.05, 0) is 31.7 Å². The fourth-order valence-corrected chi connectivity index (χ4v) is 1.75. The molecular weight excluding hydrogens is 238 g/mol. The second kappa shape index (κ2) is 8.13. The molecule has 0 heterocycles. The molecule has 4 heteroatoms. The van der Waals surface area contributed by atoms with Crippen LogP contribution in [0.5, 0.6) is 5.75 Å². The van der Waals surface area contributed by atoms with Gasteiger partial charge in [0.2, 0.25) is 0 Å². The van der Waals surface area contributed by atoms with Gasteiger partial charge in [0.1, 0.15) is 12.4 Å². The molecule has 0 saturated carbocycles. The highest BCUT2D eigenvalue weighted by Gasteiger charge is 2.07. The molecule has 1 unspecified atom stereocenters. The van der Waals surface area contributed by atoms with Gasteiger partial charge in [-0.15, -0.1) is 0 Å². The van der Waals surface area contributed by atoms with Crippen LogP contribution in [0.4, 0.5) is 0 Å². The summed E-state index contributed by atoms with van der Waals surface area (Å²) in [6.07, 6.45) is 0. The van der Waals surface area contributed by atoms with Crippen molar-refractivity contribution in [3.8, 4) is 17.9 Å². The summed E-state index contributed by atoms with van der Waals surface area (Å²) >= 11 is 0. The molecule has 1 rings (SSSR count). The van der Waals surface area contributed by atoms with Crippen LogP contribution in [0, 0.1) is 28.6 Å². The summed E-state index contributed by atoms with van der Waals surface area (Å²) in [5, 5.41) is 17.6. The van der Waals surface area contributed by atoms with Crippen LogP contribution < -0.4 is 4.74 Å². The van der Waals surface area contributed by atoms with Gasteiger partial charge in [0.05, 0.1) is 23.6 Å². The van der Waals surface area contributed by atoms with Crippen LogP contribution in [0.3, 0.4) is 0 Å². The van der Waals surface area contributed by atoms with Crippen LogP contribution in [0.1, 0.15) is 19.4 Å². The number of likely N-dealkylation sites (N-methyl/N-ethyl adjacent to an activating group) is 1. The van der Waals surface area contributed by atoms with Crippen LogP contribution in [-0.4, -0.2) is 31.1 Å². The van der Waals surface area contributed by atoms with E-state index in [1.807, 2.05) is 19.1 Å². The zero-order valence-electron chi connectivity index (χ0n) is 11.5. The van der Waals surface area contributed by atoms with Crippen molar-refractivity contribution in [2.45, 2.75) is 13.8 Å². The van der Waals surface area contributed by atoms with E-state index in [9.17, 15) is 0 Å². The van der Waals surface area contributed by atoms with Gasteiger partial charge in [0, 0.05) is 13.1 Å². The Morgan fingerprint density at radius 3 is 2.79 bits per heavy atom. The predicted molar refractivity (Wildman–Crippen MR) is 73.5 cm³/mol. The van der Waals surface area contributed by atoms with Gasteiger partial charge in [0.15, 0.2) is 0 Å². The molecular formula is C15H19N3O. The first-order valence-corrected chi connectivity index (χ1v) is 6.44. The van der Waals surface area contributed by atoms with Crippen LogP contribution in [-0.2, 0) is 0 Å². The lowest BCUT2D eigenvalue weighted by atomic mass is 10.2. The summed E-state index contributed by atoms with van der Waals surface area (Å²) in [5.74, 6) is 0.741. The van der Waals surface area contributed by atoms with Crippen molar-refractivity contribution in [1.82, 2.24) is 4.90 Å². The second-order valence-corrected chi connectivity index (χ2v) is 4.41. The van der Waals surface area contributed by atoms with Crippen molar-refractivity contribution in [2.75, 3.05) is 26.2 Å². The Morgan fingerprint density at radius 2 is 2.16 bits per heavy atom. The molecule has 4 nitrogen and oxygen atoms in total. The van der Waals surface area contributed by atoms with E-state index in [0.29, 0.717) is 17.9 Å². The summed E-state index contributed by atoms with van der Waals surface area (Å²) in [6, 6.07) is 11.5. The van der Waals surface area contributed by atoms with Gasteiger partial charge in [-0.2, -0.15) is 10.5 Å². The van der Waals surface area contributed by atoms with E-state index in [0.717, 1.165) is 19.6 Å². The maximum atomic E-state index is 8.80. The monoisotopic (exact) mass is 257 g/mol. The molecule has 0 saturated heterocycles. The number of nitrogens with zero attached hydrogens (tertiary/aromatic N) is 3. The minimum absolute atomic E-state index is 0.0295. The maximum absolute atomic E-state index is 8.80. The lowest BCUT2D eigenvalue weighted by molar-refractivity contribution is 0.206. The third kappa shape index (κ3) is 5.42. The molecule has 1 aromatic rings. The summed E-state index contributed by atoms with van der Waals surface area (Å²) in [6.45, 7) is 6.97. The Labute approximate surface area is 114 Å². The minimum Gasteiger partial charge on any atom is -0.492 e. The topological polar surface area (TPSA) is 60.0 Å². The molecule has 0 fully saturated rings. The van der Waals surface area contributed by atoms with Gasteiger partial charge in [-0.1, -0.05) is 13.0 Å². The molecule has 0 aliphatic heterocycles. The van der Waals surface area contributed by atoms with Crippen molar-refractivity contribution >= 4 is 0 Å². The molecule has 0 N–H and O–H groups in total. The van der Waals surface area contributed by atoms with Gasteiger partial charge >= 0.3 is 0 Å². The lowest BCUT2D eigenvalue weighted by Gasteiger charge is -2.21. The lowest BCUT2D eigenvalue weighted by Crippen LogP contribution is -2.32. The molecule has 0 amide bonds. The van der Waals surface area contributed by atoms with Crippen molar-refractivity contribution in [3.05, 3.63) is 29.8 Å². The van der Waals surface area contributed by atoms with E-state index in [4.69, 9.17) is 15.3 Å². The van der Waals surface area contributed by atoms with E-state index in [-0.39, 0.29) is 5.92 Å². The first-order valence-electron chi connectivity index (χ1n) is 6.44. The highest BCUT2D eigenvalue weighted by molar-refractivity contribution is 5.36. The third-order valence-electron chi connectivity index (χ3n) is 2.84. The smallest absolute Gasteiger partial charge is 0.120 e. The van der Waals surface area contributed by atoms with E-state index in [2.05, 4.69) is 24.0 Å². The Bertz CT molecular complexity index is 473. The fourth-order valence-electron chi connectivity index (χ4n) is 1.75. The molecule has 1 aromatic carbocycles. The van der Waals surface area contributed by atoms with E-state index in [1.165, 1.54) is 0 Å². The van der Waals surface area contributed by atoms with Crippen LogP contribution >= 0.6 is 0 Å². The molecule has 0 aliphatic carbocycles. The summed E-state index contributed by atoms with van der Waals surface area (Å²) < 4.78 is 5.62. The highest BCUT2D eigenvalue weighted by Crippen LogP contribution is 2.12. The zero-order chi connectivity index (χ0) is 14.1. The third-order valence-corrected chi connectivity index (χ3v) is 2.84. The molecule has 0 aliphatic rings. The molecule has 19 heavy (non-hydrogen) atoms. The standard InChI is InChI=1S/C15H19N3O/c1-3-18(12-13(2)10-16)7-8-19-15-6-4-5-14(9-15)11-17/h4-6,9,13H,3,7-8,12H2,1-2H3. The summed E-state index contributed by atoms with van der Waals surface area (Å²) in [5.41, 5.74) is 0.600. The number of hydrogen-bond donors (Lipinski definition) is 0. The van der Waals surface area contributed by atoms with Crippen molar-refractivity contribution in [1.29, 1.82) is 10.5 Å². The van der Waals surface area contributed by atoms with E-state index in [1.54, 1.807) is 12.1 Å². The van der Waals surface area contributed by atoms with Gasteiger partial charge in [0.25, 0.3) is 0 Å². The van der Waals surface area contributed by atoms with Crippen LogP contribution in [0.2, 0.25) is 0 Å². The number of benzene rings is 1. The Morgan fingerprint density at radius 1 is 1.37 bits per heavy atom. The summed E-state index contributed by atoms with van der Waals surface area (Å²) in [7, 11) is 0. The Balaban J connectivity index is 2.40. The zero-order valence-corrected chi connectivity index (χ0v) is 11.5. The fraction of sp³-hybridized carbons (Fsp3) is 0.467. The van der Waals surface area contributed by atoms with E-state index < -0.39 is 0 Å². The maximum Gasteiger partial charge on any atom is 0.120 e. The summed E-state index contributed by atoms with van der Waals surface area (Å²) in [4.78, 5) is 2.18. The predicted octanol–water partition coefficient (Wildman–Crippen LogP) is 2.42. The van der Waals surface area contributed by atoms with Crippen molar-refractivity contribution in [3.63, 3.8) is 0 Å². The number of hydrogen-bond acceptors (Lipinski definition) is 4. The largest absolute Gasteiger partial charge is 0.492 e. The number of rotatable bonds is 7. The normalized spacial score (nSPS) is 11.6. The van der Waals surface area contributed by atoms with Crippen molar-refractivity contribution < 1.29 is 4.74 Å². The molecule has 0 bridgehead atoms. The first kappa shape index (κ1) is 15.0. The molecule has 0 spiro atoms. The van der Waals surface area contributed by atoms with Crippen LogP contribution in [0.25, 0.3) is 0 Å². The molecule has 1 atom stereocenters. The molecule has 0 radical (unpaired) electrons. The average molecular weight is 257 g/mol. The highest BCUT2D eigenvalue weighted by atomic mass is 16.5. The first-order chi connectivity index (χ1) is 9.19. The average Bonchev–Trinajstić information content (AvgIpc) is 2.46. The van der Waals surface area contributed by atoms with Crippen molar-refractivity contribution in [2.24, 2.45) is 5.92 Å². The molecule has 0 aromatic heterocycles. The second-order valence-electron chi connectivity index (χ2n) is 4.41. The Kier molecular flexibility index (Phi) is 6.43. The molecule has 100 valence electrons. The minimum atomic E-state index is 0.0295. The van der Waals surface area contributed by atoms with Gasteiger partial charge < -0.3 is 4.74 Å². The number of nitriles is 2. The van der Waals surface area contributed by atoms with E-state index >= 15 is 0 Å².